The average Bonchev–Trinajstić information content (AvgIpc) is 3.31. The molecule has 0 aromatic rings. The highest BCUT2D eigenvalue weighted by Crippen LogP contribution is 2.15. The summed E-state index contributed by atoms with van der Waals surface area (Å²) in [5, 5.41) is 0. The predicted octanol–water partition coefficient (Wildman–Crippen LogP) is 18.4. The van der Waals surface area contributed by atoms with Crippen LogP contribution in [-0.2, 0) is 28.6 Å². The van der Waals surface area contributed by atoms with Crippen LogP contribution >= 0.6 is 0 Å². The van der Waals surface area contributed by atoms with Gasteiger partial charge in [0.2, 0.25) is 0 Å². The Morgan fingerprint density at radius 3 is 1.00 bits per heavy atom. The lowest BCUT2D eigenvalue weighted by Crippen LogP contribution is -2.30. The van der Waals surface area contributed by atoms with Gasteiger partial charge in [-0.05, 0) is 89.9 Å². The van der Waals surface area contributed by atoms with Crippen LogP contribution in [0.4, 0.5) is 0 Å². The van der Waals surface area contributed by atoms with Crippen LogP contribution in [0.25, 0.3) is 0 Å². The van der Waals surface area contributed by atoms with Gasteiger partial charge in [0.25, 0.3) is 0 Å². The van der Waals surface area contributed by atoms with Crippen molar-refractivity contribution < 1.29 is 28.6 Å². The molecule has 0 saturated carbocycles. The molecule has 0 aliphatic carbocycles. The summed E-state index contributed by atoms with van der Waals surface area (Å²) in [6.07, 6.45) is 70.0. The van der Waals surface area contributed by atoms with E-state index in [1.807, 2.05) is 0 Å². The zero-order chi connectivity index (χ0) is 47.9. The minimum atomic E-state index is -0.783. The van der Waals surface area contributed by atoms with Crippen molar-refractivity contribution in [3.05, 3.63) is 85.1 Å². The van der Waals surface area contributed by atoms with E-state index in [9.17, 15) is 14.4 Å². The van der Waals surface area contributed by atoms with Crippen molar-refractivity contribution in [1.82, 2.24) is 0 Å². The monoisotopic (exact) mass is 919 g/mol. The lowest BCUT2D eigenvalue weighted by atomic mass is 10.0. The second kappa shape index (κ2) is 54.2. The zero-order valence-electron chi connectivity index (χ0n) is 43.2. The molecular weight excluding hydrogens is 817 g/mol. The number of rotatable bonds is 49. The fraction of sp³-hybridized carbons (Fsp3) is 0.717. The fourth-order valence-corrected chi connectivity index (χ4v) is 7.51. The second-order valence-electron chi connectivity index (χ2n) is 18.1. The molecule has 1 atom stereocenters. The first kappa shape index (κ1) is 62.6. The van der Waals surface area contributed by atoms with E-state index >= 15 is 0 Å². The lowest BCUT2D eigenvalue weighted by molar-refractivity contribution is -0.167. The maximum Gasteiger partial charge on any atom is 0.306 e. The maximum atomic E-state index is 12.8. The molecular formula is C60H102O6. The third-order valence-corrected chi connectivity index (χ3v) is 11.6. The van der Waals surface area contributed by atoms with Gasteiger partial charge in [-0.25, -0.2) is 0 Å². The van der Waals surface area contributed by atoms with E-state index in [2.05, 4.69) is 106 Å². The van der Waals surface area contributed by atoms with Gasteiger partial charge in [-0.2, -0.15) is 0 Å². The largest absolute Gasteiger partial charge is 0.462 e. The molecule has 0 spiro atoms. The van der Waals surface area contributed by atoms with E-state index in [1.165, 1.54) is 96.3 Å². The molecule has 6 heteroatoms. The molecule has 0 saturated heterocycles. The number of allylic oxidation sites excluding steroid dienone is 14. The van der Waals surface area contributed by atoms with Gasteiger partial charge in [0.1, 0.15) is 13.2 Å². The molecule has 0 radical (unpaired) electrons. The van der Waals surface area contributed by atoms with Crippen LogP contribution in [0.3, 0.4) is 0 Å². The molecule has 378 valence electrons. The summed E-state index contributed by atoms with van der Waals surface area (Å²) in [4.78, 5) is 38.0. The van der Waals surface area contributed by atoms with Crippen molar-refractivity contribution in [2.45, 2.75) is 264 Å². The Morgan fingerprint density at radius 2 is 0.621 bits per heavy atom. The number of esters is 3. The van der Waals surface area contributed by atoms with Crippen LogP contribution in [0.15, 0.2) is 85.1 Å². The summed E-state index contributed by atoms with van der Waals surface area (Å²) < 4.78 is 16.8. The van der Waals surface area contributed by atoms with E-state index < -0.39 is 6.10 Å². The molecule has 0 rings (SSSR count). The Balaban J connectivity index is 4.30. The van der Waals surface area contributed by atoms with E-state index in [1.54, 1.807) is 0 Å². The molecule has 0 aliphatic rings. The van der Waals surface area contributed by atoms with E-state index in [0.717, 1.165) is 122 Å². The van der Waals surface area contributed by atoms with Gasteiger partial charge >= 0.3 is 17.9 Å². The highest BCUT2D eigenvalue weighted by atomic mass is 16.6. The summed E-state index contributed by atoms with van der Waals surface area (Å²) >= 11 is 0. The van der Waals surface area contributed by atoms with Crippen LogP contribution in [0, 0.1) is 0 Å². The predicted molar refractivity (Wildman–Crippen MR) is 284 cm³/mol. The molecule has 0 aliphatic heterocycles. The summed E-state index contributed by atoms with van der Waals surface area (Å²) in [7, 11) is 0. The molecule has 0 amide bonds. The number of carbonyl (C=O) groups excluding carboxylic acids is 3. The molecule has 0 bridgehead atoms. The Bertz CT molecular complexity index is 1290. The molecule has 0 aromatic heterocycles. The Hall–Kier alpha value is -3.41. The summed E-state index contributed by atoms with van der Waals surface area (Å²) in [6, 6.07) is 0. The van der Waals surface area contributed by atoms with Gasteiger partial charge in [0, 0.05) is 19.3 Å². The molecule has 1 unspecified atom stereocenters. The number of unbranched alkanes of at least 4 members (excludes halogenated alkanes) is 24. The van der Waals surface area contributed by atoms with Gasteiger partial charge in [0.05, 0.1) is 0 Å². The SMILES string of the molecule is CC/C=C\C/C=C\C/C=C\C/C=C\C/C=C\C/C=C\CCCCCCCCC(=O)OCC(COC(=O)CCCCCCC/C=C\CCC)OC(=O)CCCCCCCCCCCCCCC. The molecule has 0 N–H and O–H groups in total. The highest BCUT2D eigenvalue weighted by molar-refractivity contribution is 5.71. The van der Waals surface area contributed by atoms with Crippen molar-refractivity contribution in [3.8, 4) is 0 Å². The standard InChI is InChI=1S/C60H102O6/c1-4-7-10-13-16-19-22-24-25-26-27-28-29-30-31-32-33-34-35-37-38-41-44-47-50-53-59(62)65-56-57(55-64-58(61)52-49-46-43-40-21-18-15-12-9-6-3)66-60(63)54-51-48-45-42-39-36-23-20-17-14-11-8-5-2/h7,10,12,15-16,19,24-25,27-28,30-31,33-34,57H,4-6,8-9,11,13-14,17-18,20-23,26,29,32,35-56H2,1-3H3/b10-7-,15-12-,19-16-,25-24-,28-27-,31-30-,34-33-. The zero-order valence-corrected chi connectivity index (χ0v) is 43.2. The summed E-state index contributed by atoms with van der Waals surface area (Å²) in [5.74, 6) is -0.906. The normalized spacial score (nSPS) is 12.7. The number of carbonyl (C=O) groups is 3. The van der Waals surface area contributed by atoms with E-state index in [4.69, 9.17) is 14.2 Å². The van der Waals surface area contributed by atoms with Crippen molar-refractivity contribution in [1.29, 1.82) is 0 Å². The summed E-state index contributed by atoms with van der Waals surface area (Å²) in [6.45, 7) is 6.45. The Morgan fingerprint density at radius 1 is 0.318 bits per heavy atom. The first-order valence-electron chi connectivity index (χ1n) is 27.6. The highest BCUT2D eigenvalue weighted by Gasteiger charge is 2.19. The van der Waals surface area contributed by atoms with Crippen molar-refractivity contribution in [2.24, 2.45) is 0 Å². The maximum absolute atomic E-state index is 12.8. The average molecular weight is 919 g/mol. The third-order valence-electron chi connectivity index (χ3n) is 11.6. The van der Waals surface area contributed by atoms with Crippen LogP contribution < -0.4 is 0 Å². The third kappa shape index (κ3) is 51.6. The van der Waals surface area contributed by atoms with Gasteiger partial charge in [0.15, 0.2) is 6.10 Å². The topological polar surface area (TPSA) is 78.9 Å². The van der Waals surface area contributed by atoms with Gasteiger partial charge < -0.3 is 14.2 Å². The van der Waals surface area contributed by atoms with Gasteiger partial charge in [-0.3, -0.25) is 14.4 Å². The minimum Gasteiger partial charge on any atom is -0.462 e. The number of hydrogen-bond donors (Lipinski definition) is 0. The Labute approximate surface area is 407 Å². The minimum absolute atomic E-state index is 0.0842. The Kier molecular flexibility index (Phi) is 51.4. The smallest absolute Gasteiger partial charge is 0.306 e. The molecule has 0 fully saturated rings. The van der Waals surface area contributed by atoms with E-state index in [-0.39, 0.29) is 31.1 Å². The van der Waals surface area contributed by atoms with Gasteiger partial charge in [-0.15, -0.1) is 0 Å². The number of ether oxygens (including phenoxy) is 3. The van der Waals surface area contributed by atoms with Crippen LogP contribution in [-0.4, -0.2) is 37.2 Å². The second-order valence-corrected chi connectivity index (χ2v) is 18.1. The molecule has 66 heavy (non-hydrogen) atoms. The molecule has 0 heterocycles. The first-order chi connectivity index (χ1) is 32.5. The van der Waals surface area contributed by atoms with Crippen LogP contribution in [0.5, 0.6) is 0 Å². The fourth-order valence-electron chi connectivity index (χ4n) is 7.51. The van der Waals surface area contributed by atoms with Crippen LogP contribution in [0.1, 0.15) is 258 Å². The van der Waals surface area contributed by atoms with Crippen molar-refractivity contribution >= 4 is 17.9 Å². The summed E-state index contributed by atoms with van der Waals surface area (Å²) in [5.41, 5.74) is 0. The van der Waals surface area contributed by atoms with E-state index in [0.29, 0.717) is 19.3 Å². The van der Waals surface area contributed by atoms with Crippen molar-refractivity contribution in [2.75, 3.05) is 13.2 Å². The first-order valence-corrected chi connectivity index (χ1v) is 27.6. The quantitative estimate of drug-likeness (QED) is 0.0262. The molecule has 0 aromatic carbocycles. The van der Waals surface area contributed by atoms with Crippen LogP contribution in [0.2, 0.25) is 0 Å². The molecule has 6 nitrogen and oxygen atoms in total. The van der Waals surface area contributed by atoms with Gasteiger partial charge in [-0.1, -0.05) is 234 Å². The van der Waals surface area contributed by atoms with Crippen molar-refractivity contribution in [3.63, 3.8) is 0 Å². The number of hydrogen-bond acceptors (Lipinski definition) is 6. The lowest BCUT2D eigenvalue weighted by Gasteiger charge is -2.18.